The minimum atomic E-state index is -0.983. The third kappa shape index (κ3) is 3.56. The van der Waals surface area contributed by atoms with E-state index in [1.807, 2.05) is 19.1 Å². The lowest BCUT2D eigenvalue weighted by Gasteiger charge is -2.11. The Bertz CT molecular complexity index is 669. The Hall–Kier alpha value is -2.43. The number of aromatic nitrogens is 2. The van der Waals surface area contributed by atoms with Crippen LogP contribution in [-0.2, 0) is 6.42 Å². The first kappa shape index (κ1) is 15.0. The molecule has 0 bridgehead atoms. The summed E-state index contributed by atoms with van der Waals surface area (Å²) in [5, 5.41) is 20.3. The summed E-state index contributed by atoms with van der Waals surface area (Å²) in [5.41, 5.74) is 3.90. The molecule has 0 fully saturated rings. The number of anilines is 1. The van der Waals surface area contributed by atoms with Crippen LogP contribution in [-0.4, -0.2) is 27.8 Å². The summed E-state index contributed by atoms with van der Waals surface area (Å²) in [6.45, 7) is 6.17. The number of rotatable bonds is 5. The molecular formula is C16H19N3O2. The molecule has 0 aliphatic carbocycles. The molecule has 2 aromatic rings. The minimum Gasteiger partial charge on any atom is -0.478 e. The van der Waals surface area contributed by atoms with E-state index in [-0.39, 0.29) is 5.56 Å². The second-order valence-electron chi connectivity index (χ2n) is 5.10. The number of aromatic carboxylic acids is 1. The van der Waals surface area contributed by atoms with Gasteiger partial charge in [-0.3, -0.25) is 0 Å². The Morgan fingerprint density at radius 1 is 1.24 bits per heavy atom. The number of nitrogens with one attached hydrogen (secondary N) is 1. The van der Waals surface area contributed by atoms with Crippen LogP contribution in [0.3, 0.4) is 0 Å². The van der Waals surface area contributed by atoms with Gasteiger partial charge in [0, 0.05) is 6.54 Å². The molecule has 5 nitrogen and oxygen atoms in total. The van der Waals surface area contributed by atoms with Crippen molar-refractivity contribution in [3.05, 3.63) is 52.2 Å². The van der Waals surface area contributed by atoms with Gasteiger partial charge >= 0.3 is 5.97 Å². The average Bonchev–Trinajstić information content (AvgIpc) is 2.42. The number of carboxylic acid groups (broad SMARTS) is 1. The molecule has 0 unspecified atom stereocenters. The van der Waals surface area contributed by atoms with E-state index in [0.29, 0.717) is 23.6 Å². The fourth-order valence-electron chi connectivity index (χ4n) is 2.19. The standard InChI is InChI=1S/C16H19N3O2/c1-10-5-4-6-13(9-10)7-8-17-15-14(16(20)21)11(2)12(3)18-19-15/h4-6,9H,7-8H2,1-3H3,(H,17,19)(H,20,21). The highest BCUT2D eigenvalue weighted by atomic mass is 16.4. The molecule has 1 heterocycles. The molecule has 1 aromatic heterocycles. The second kappa shape index (κ2) is 6.35. The van der Waals surface area contributed by atoms with Gasteiger partial charge in [-0.05, 0) is 38.3 Å². The van der Waals surface area contributed by atoms with Crippen LogP contribution in [0.25, 0.3) is 0 Å². The van der Waals surface area contributed by atoms with E-state index in [4.69, 9.17) is 0 Å². The van der Waals surface area contributed by atoms with Crippen LogP contribution in [0.2, 0.25) is 0 Å². The fourth-order valence-corrected chi connectivity index (χ4v) is 2.19. The SMILES string of the molecule is Cc1cccc(CCNc2nnc(C)c(C)c2C(=O)O)c1. The van der Waals surface area contributed by atoms with Crippen molar-refractivity contribution >= 4 is 11.8 Å². The molecule has 0 radical (unpaired) electrons. The summed E-state index contributed by atoms with van der Waals surface area (Å²) in [6, 6.07) is 8.24. The Morgan fingerprint density at radius 2 is 2.00 bits per heavy atom. The maximum atomic E-state index is 11.4. The van der Waals surface area contributed by atoms with Crippen molar-refractivity contribution in [1.82, 2.24) is 10.2 Å². The highest BCUT2D eigenvalue weighted by molar-refractivity contribution is 5.94. The van der Waals surface area contributed by atoms with Crippen molar-refractivity contribution < 1.29 is 9.90 Å². The maximum absolute atomic E-state index is 11.4. The van der Waals surface area contributed by atoms with Gasteiger partial charge in [-0.2, -0.15) is 5.10 Å². The Balaban J connectivity index is 2.10. The van der Waals surface area contributed by atoms with Crippen molar-refractivity contribution in [2.45, 2.75) is 27.2 Å². The van der Waals surface area contributed by atoms with Gasteiger partial charge in [0.25, 0.3) is 0 Å². The van der Waals surface area contributed by atoms with Crippen molar-refractivity contribution in [1.29, 1.82) is 0 Å². The lowest BCUT2D eigenvalue weighted by atomic mass is 10.1. The van der Waals surface area contributed by atoms with E-state index < -0.39 is 5.97 Å². The molecule has 21 heavy (non-hydrogen) atoms. The van der Waals surface area contributed by atoms with Crippen LogP contribution < -0.4 is 5.32 Å². The highest BCUT2D eigenvalue weighted by Gasteiger charge is 2.17. The first-order valence-corrected chi connectivity index (χ1v) is 6.85. The molecular weight excluding hydrogens is 266 g/mol. The number of carbonyl (C=O) groups is 1. The Kier molecular flexibility index (Phi) is 4.52. The van der Waals surface area contributed by atoms with Crippen LogP contribution in [0.1, 0.15) is 32.7 Å². The zero-order valence-electron chi connectivity index (χ0n) is 12.5. The third-order valence-corrected chi connectivity index (χ3v) is 3.46. The van der Waals surface area contributed by atoms with E-state index in [1.54, 1.807) is 13.8 Å². The van der Waals surface area contributed by atoms with Gasteiger partial charge in [-0.15, -0.1) is 5.10 Å². The number of benzene rings is 1. The van der Waals surface area contributed by atoms with Crippen molar-refractivity contribution in [2.24, 2.45) is 0 Å². The average molecular weight is 285 g/mol. The maximum Gasteiger partial charge on any atom is 0.339 e. The smallest absolute Gasteiger partial charge is 0.339 e. The summed E-state index contributed by atoms with van der Waals surface area (Å²) in [5.74, 6) is -0.651. The quantitative estimate of drug-likeness (QED) is 0.883. The van der Waals surface area contributed by atoms with Gasteiger partial charge in [-0.1, -0.05) is 29.8 Å². The number of aryl methyl sites for hydroxylation is 2. The summed E-state index contributed by atoms with van der Waals surface area (Å²) >= 11 is 0. The predicted octanol–water partition coefficient (Wildman–Crippen LogP) is 2.75. The molecule has 0 spiro atoms. The lowest BCUT2D eigenvalue weighted by molar-refractivity contribution is 0.0696. The lowest BCUT2D eigenvalue weighted by Crippen LogP contribution is -2.14. The Labute approximate surface area is 124 Å². The van der Waals surface area contributed by atoms with E-state index in [0.717, 1.165) is 6.42 Å². The summed E-state index contributed by atoms with van der Waals surface area (Å²) in [4.78, 5) is 11.4. The Morgan fingerprint density at radius 3 is 2.67 bits per heavy atom. The van der Waals surface area contributed by atoms with E-state index >= 15 is 0 Å². The molecule has 0 atom stereocenters. The third-order valence-electron chi connectivity index (χ3n) is 3.46. The number of hydrogen-bond donors (Lipinski definition) is 2. The van der Waals surface area contributed by atoms with Crippen LogP contribution >= 0.6 is 0 Å². The first-order valence-electron chi connectivity index (χ1n) is 6.85. The molecule has 2 N–H and O–H groups in total. The largest absolute Gasteiger partial charge is 0.478 e. The van der Waals surface area contributed by atoms with Crippen molar-refractivity contribution in [3.63, 3.8) is 0 Å². The van der Waals surface area contributed by atoms with Crippen LogP contribution in [0.4, 0.5) is 5.82 Å². The van der Waals surface area contributed by atoms with Crippen molar-refractivity contribution in [3.8, 4) is 0 Å². The normalized spacial score (nSPS) is 10.4. The summed E-state index contributed by atoms with van der Waals surface area (Å²) in [7, 11) is 0. The topological polar surface area (TPSA) is 75.1 Å². The van der Waals surface area contributed by atoms with E-state index in [1.165, 1.54) is 11.1 Å². The number of carboxylic acids is 1. The zero-order chi connectivity index (χ0) is 15.4. The molecule has 0 aliphatic heterocycles. The van der Waals surface area contributed by atoms with Gasteiger partial charge in [0.2, 0.25) is 0 Å². The molecule has 2 rings (SSSR count). The van der Waals surface area contributed by atoms with Crippen LogP contribution in [0.5, 0.6) is 0 Å². The monoisotopic (exact) mass is 285 g/mol. The molecule has 0 saturated heterocycles. The molecule has 1 aromatic carbocycles. The molecule has 0 aliphatic rings. The minimum absolute atomic E-state index is 0.201. The fraction of sp³-hybridized carbons (Fsp3) is 0.312. The highest BCUT2D eigenvalue weighted by Crippen LogP contribution is 2.18. The molecule has 0 saturated carbocycles. The van der Waals surface area contributed by atoms with Gasteiger partial charge in [0.05, 0.1) is 5.69 Å². The van der Waals surface area contributed by atoms with Crippen LogP contribution in [0, 0.1) is 20.8 Å². The molecule has 0 amide bonds. The van der Waals surface area contributed by atoms with Gasteiger partial charge in [0.15, 0.2) is 5.82 Å². The zero-order valence-corrected chi connectivity index (χ0v) is 12.5. The second-order valence-corrected chi connectivity index (χ2v) is 5.10. The predicted molar refractivity (Wildman–Crippen MR) is 81.8 cm³/mol. The number of nitrogens with zero attached hydrogens (tertiary/aromatic N) is 2. The van der Waals surface area contributed by atoms with Gasteiger partial charge < -0.3 is 10.4 Å². The van der Waals surface area contributed by atoms with E-state index in [2.05, 4.69) is 27.6 Å². The van der Waals surface area contributed by atoms with Crippen molar-refractivity contribution in [2.75, 3.05) is 11.9 Å². The van der Waals surface area contributed by atoms with Crippen LogP contribution in [0.15, 0.2) is 24.3 Å². The summed E-state index contributed by atoms with van der Waals surface area (Å²) in [6.07, 6.45) is 0.801. The van der Waals surface area contributed by atoms with Gasteiger partial charge in [-0.25, -0.2) is 4.79 Å². The van der Waals surface area contributed by atoms with E-state index in [9.17, 15) is 9.90 Å². The molecule has 5 heteroatoms. The first-order chi connectivity index (χ1) is 9.99. The van der Waals surface area contributed by atoms with Gasteiger partial charge in [0.1, 0.15) is 5.56 Å². The number of hydrogen-bond acceptors (Lipinski definition) is 4. The summed E-state index contributed by atoms with van der Waals surface area (Å²) < 4.78 is 0. The molecule has 110 valence electrons.